The first kappa shape index (κ1) is 11.6. The van der Waals surface area contributed by atoms with Crippen LogP contribution in [-0.4, -0.2) is 36.1 Å². The number of carbonyl (C=O) groups excluding carboxylic acids is 1. The van der Waals surface area contributed by atoms with Crippen molar-refractivity contribution in [1.29, 1.82) is 0 Å². The third-order valence-electron chi connectivity index (χ3n) is 4.15. The van der Waals surface area contributed by atoms with E-state index in [0.29, 0.717) is 11.6 Å². The number of allylic oxidation sites excluding steroid dienone is 2. The number of aliphatic imine (C=N–C) groups is 2. The van der Waals surface area contributed by atoms with E-state index in [9.17, 15) is 4.79 Å². The maximum Gasteiger partial charge on any atom is 0.277 e. The van der Waals surface area contributed by atoms with Crippen LogP contribution < -0.4 is 5.32 Å². The number of nitrogens with zero attached hydrogens (tertiary/aromatic N) is 3. The molecule has 0 radical (unpaired) electrons. The summed E-state index contributed by atoms with van der Waals surface area (Å²) in [6.45, 7) is 0. The van der Waals surface area contributed by atoms with Crippen LogP contribution in [0.25, 0.3) is 0 Å². The summed E-state index contributed by atoms with van der Waals surface area (Å²) in [5.74, 6) is 1.62. The molecule has 102 valence electrons. The third kappa shape index (κ3) is 1.73. The number of hydrogen-bond donors (Lipinski definition) is 1. The molecule has 0 aromatic heterocycles. The van der Waals surface area contributed by atoms with Gasteiger partial charge in [0.25, 0.3) is 5.91 Å². The zero-order valence-corrected chi connectivity index (χ0v) is 11.3. The summed E-state index contributed by atoms with van der Waals surface area (Å²) < 4.78 is 0. The zero-order valence-electron chi connectivity index (χ0n) is 11.3. The number of carbonyl (C=O) groups is 1. The lowest BCUT2D eigenvalue weighted by Gasteiger charge is -2.16. The number of fused-ring (bicyclic) bond motifs is 1. The van der Waals surface area contributed by atoms with Crippen molar-refractivity contribution in [3.8, 4) is 0 Å². The highest BCUT2D eigenvalue weighted by atomic mass is 16.2. The van der Waals surface area contributed by atoms with Gasteiger partial charge in [0.05, 0.1) is 0 Å². The van der Waals surface area contributed by atoms with E-state index in [4.69, 9.17) is 0 Å². The number of likely N-dealkylation sites (N-methyl/N-ethyl adjacent to an activating group) is 1. The first-order chi connectivity index (χ1) is 9.74. The molecule has 2 atom stereocenters. The van der Waals surface area contributed by atoms with Gasteiger partial charge in [-0.15, -0.1) is 0 Å². The molecule has 1 aliphatic carbocycles. The van der Waals surface area contributed by atoms with Crippen molar-refractivity contribution in [3.63, 3.8) is 0 Å². The van der Waals surface area contributed by atoms with Gasteiger partial charge in [0.2, 0.25) is 0 Å². The number of hydrogen-bond acceptors (Lipinski definition) is 4. The van der Waals surface area contributed by atoms with Crippen molar-refractivity contribution >= 4 is 18.0 Å². The Labute approximate surface area is 117 Å². The Kier molecular flexibility index (Phi) is 2.42. The van der Waals surface area contributed by atoms with Gasteiger partial charge < -0.3 is 5.32 Å². The first-order valence-electron chi connectivity index (χ1n) is 6.98. The molecule has 0 aromatic carbocycles. The SMILES string of the molecule is CN1C(=O)/C(=C/C2=CNC3N=CC=CC23)N=C1C1CC1. The van der Waals surface area contributed by atoms with Crippen molar-refractivity contribution in [2.45, 2.75) is 19.0 Å². The van der Waals surface area contributed by atoms with E-state index in [1.165, 1.54) is 0 Å². The fraction of sp³-hybridized carbons (Fsp3) is 0.400. The van der Waals surface area contributed by atoms with E-state index >= 15 is 0 Å². The largest absolute Gasteiger partial charge is 0.369 e. The maximum atomic E-state index is 12.2. The van der Waals surface area contributed by atoms with Crippen LogP contribution in [0, 0.1) is 11.8 Å². The van der Waals surface area contributed by atoms with Gasteiger partial charge in [-0.05, 0) is 30.6 Å². The van der Waals surface area contributed by atoms with Crippen LogP contribution in [0.15, 0.2) is 45.7 Å². The number of amides is 1. The second kappa shape index (κ2) is 4.16. The van der Waals surface area contributed by atoms with Gasteiger partial charge in [0.15, 0.2) is 0 Å². The van der Waals surface area contributed by atoms with Crippen molar-refractivity contribution in [2.75, 3.05) is 7.05 Å². The van der Waals surface area contributed by atoms with Gasteiger partial charge in [-0.3, -0.25) is 14.7 Å². The molecule has 0 aromatic rings. The summed E-state index contributed by atoms with van der Waals surface area (Å²) in [5.41, 5.74) is 1.62. The van der Waals surface area contributed by atoms with Crippen molar-refractivity contribution in [1.82, 2.24) is 10.2 Å². The smallest absolute Gasteiger partial charge is 0.277 e. The van der Waals surface area contributed by atoms with Gasteiger partial charge in [-0.1, -0.05) is 6.08 Å². The Morgan fingerprint density at radius 1 is 1.45 bits per heavy atom. The number of nitrogens with one attached hydrogen (secondary N) is 1. The Bertz CT molecular complexity index is 622. The highest BCUT2D eigenvalue weighted by molar-refractivity contribution is 6.13. The van der Waals surface area contributed by atoms with Crippen LogP contribution in [0.1, 0.15) is 12.8 Å². The Hall–Kier alpha value is -2.17. The molecule has 1 saturated carbocycles. The fourth-order valence-electron chi connectivity index (χ4n) is 2.85. The molecule has 3 heterocycles. The molecular formula is C15H16N4O. The molecule has 0 bridgehead atoms. The molecule has 20 heavy (non-hydrogen) atoms. The van der Waals surface area contributed by atoms with Crippen LogP contribution in [0.4, 0.5) is 0 Å². The van der Waals surface area contributed by atoms with E-state index in [1.807, 2.05) is 25.4 Å². The highest BCUT2D eigenvalue weighted by Crippen LogP contribution is 2.36. The Morgan fingerprint density at radius 2 is 2.30 bits per heavy atom. The van der Waals surface area contributed by atoms with Crippen LogP contribution in [-0.2, 0) is 4.79 Å². The van der Waals surface area contributed by atoms with Crippen molar-refractivity contribution in [2.24, 2.45) is 21.8 Å². The van der Waals surface area contributed by atoms with Gasteiger partial charge in [0, 0.05) is 31.3 Å². The molecule has 2 unspecified atom stereocenters. The summed E-state index contributed by atoms with van der Waals surface area (Å²) >= 11 is 0. The summed E-state index contributed by atoms with van der Waals surface area (Å²) in [4.78, 5) is 22.8. The fourth-order valence-corrected chi connectivity index (χ4v) is 2.85. The second-order valence-electron chi connectivity index (χ2n) is 5.60. The number of dihydropyridines is 1. The lowest BCUT2D eigenvalue weighted by molar-refractivity contribution is -0.121. The third-order valence-corrected chi connectivity index (χ3v) is 4.15. The lowest BCUT2D eigenvalue weighted by Crippen LogP contribution is -2.28. The van der Waals surface area contributed by atoms with Crippen LogP contribution in [0.3, 0.4) is 0 Å². The molecule has 0 saturated heterocycles. The van der Waals surface area contributed by atoms with E-state index in [1.54, 1.807) is 11.1 Å². The van der Waals surface area contributed by atoms with E-state index in [2.05, 4.69) is 21.4 Å². The summed E-state index contributed by atoms with van der Waals surface area (Å²) in [6, 6.07) is 0. The molecule has 0 spiro atoms. The Balaban J connectivity index is 1.63. The predicted molar refractivity (Wildman–Crippen MR) is 77.1 cm³/mol. The second-order valence-corrected chi connectivity index (χ2v) is 5.60. The summed E-state index contributed by atoms with van der Waals surface area (Å²) in [6.07, 6.45) is 12.1. The minimum Gasteiger partial charge on any atom is -0.369 e. The minimum atomic E-state index is -0.000426. The first-order valence-corrected chi connectivity index (χ1v) is 6.98. The van der Waals surface area contributed by atoms with Gasteiger partial charge >= 0.3 is 0 Å². The molecule has 4 aliphatic rings. The summed E-state index contributed by atoms with van der Waals surface area (Å²) in [7, 11) is 1.81. The van der Waals surface area contributed by atoms with Gasteiger partial charge in [-0.2, -0.15) is 0 Å². The van der Waals surface area contributed by atoms with Crippen molar-refractivity contribution < 1.29 is 4.79 Å². The van der Waals surface area contributed by atoms with Crippen LogP contribution in [0.2, 0.25) is 0 Å². The predicted octanol–water partition coefficient (Wildman–Crippen LogP) is 1.22. The monoisotopic (exact) mass is 268 g/mol. The van der Waals surface area contributed by atoms with Crippen LogP contribution >= 0.6 is 0 Å². The molecule has 4 rings (SSSR count). The van der Waals surface area contributed by atoms with Gasteiger partial charge in [0.1, 0.15) is 17.7 Å². The highest BCUT2D eigenvalue weighted by Gasteiger charge is 2.38. The average molecular weight is 268 g/mol. The molecule has 1 fully saturated rings. The van der Waals surface area contributed by atoms with E-state index in [0.717, 1.165) is 24.3 Å². The number of rotatable bonds is 2. The normalized spacial score (nSPS) is 33.4. The maximum absolute atomic E-state index is 12.2. The molecule has 5 nitrogen and oxygen atoms in total. The molecule has 1 N–H and O–H groups in total. The van der Waals surface area contributed by atoms with E-state index in [-0.39, 0.29) is 18.0 Å². The standard InChI is InChI=1S/C15H16N4O/c1-19-14(9-4-5-9)18-12(15(19)20)7-10-8-17-13-11(10)3-2-6-16-13/h2-3,6-9,11,13,17H,4-5H2,1H3/b12-7-. The zero-order chi connectivity index (χ0) is 13.7. The van der Waals surface area contributed by atoms with Crippen LogP contribution in [0.5, 0.6) is 0 Å². The number of amidine groups is 1. The summed E-state index contributed by atoms with van der Waals surface area (Å²) in [5, 5.41) is 3.23. The molecule has 5 heteroatoms. The average Bonchev–Trinajstić information content (AvgIpc) is 3.18. The molecule has 1 amide bonds. The van der Waals surface area contributed by atoms with E-state index < -0.39 is 0 Å². The lowest BCUT2D eigenvalue weighted by atomic mass is 9.97. The topological polar surface area (TPSA) is 57.1 Å². The van der Waals surface area contributed by atoms with Gasteiger partial charge in [-0.25, -0.2) is 4.99 Å². The minimum absolute atomic E-state index is 0.000426. The quantitative estimate of drug-likeness (QED) is 0.766. The molecule has 3 aliphatic heterocycles. The molecular weight excluding hydrogens is 252 g/mol. The Morgan fingerprint density at radius 3 is 3.10 bits per heavy atom. The van der Waals surface area contributed by atoms with Crippen molar-refractivity contribution in [3.05, 3.63) is 35.7 Å².